The van der Waals surface area contributed by atoms with Crippen LogP contribution in [0.25, 0.3) is 0 Å². The number of thiophene rings is 1. The molecule has 1 aliphatic heterocycles. The molecule has 4 nitrogen and oxygen atoms in total. The number of hydrogen-bond donors (Lipinski definition) is 0. The zero-order valence-electron chi connectivity index (χ0n) is 12.6. The first kappa shape index (κ1) is 15.5. The van der Waals surface area contributed by atoms with Gasteiger partial charge in [-0.3, -0.25) is 9.69 Å². The maximum absolute atomic E-state index is 12.1. The maximum Gasteiger partial charge on any atom is 0.248 e. The molecule has 0 unspecified atom stereocenters. The highest BCUT2D eigenvalue weighted by Crippen LogP contribution is 2.12. The van der Waals surface area contributed by atoms with E-state index in [0.29, 0.717) is 0 Å². The summed E-state index contributed by atoms with van der Waals surface area (Å²) in [5.74, 6) is 0.107. The topological polar surface area (TPSA) is 32.8 Å². The minimum absolute atomic E-state index is 0.107. The van der Waals surface area contributed by atoms with Gasteiger partial charge in [-0.1, -0.05) is 0 Å². The van der Waals surface area contributed by atoms with E-state index in [2.05, 4.69) is 21.7 Å². The molecule has 5 heteroatoms. The summed E-state index contributed by atoms with van der Waals surface area (Å²) in [5.41, 5.74) is 1.11. The van der Waals surface area contributed by atoms with Crippen molar-refractivity contribution in [1.82, 2.24) is 9.80 Å². The molecule has 1 aromatic rings. The van der Waals surface area contributed by atoms with Gasteiger partial charge in [0.1, 0.15) is 6.61 Å². The summed E-state index contributed by atoms with van der Waals surface area (Å²) in [7, 11) is 0. The van der Waals surface area contributed by atoms with Crippen molar-refractivity contribution in [2.45, 2.75) is 32.9 Å². The third-order valence-electron chi connectivity index (χ3n) is 3.34. The second-order valence-corrected chi connectivity index (χ2v) is 6.97. The van der Waals surface area contributed by atoms with Crippen LogP contribution >= 0.6 is 11.3 Å². The normalized spacial score (nSPS) is 17.4. The van der Waals surface area contributed by atoms with Crippen molar-refractivity contribution in [3.05, 3.63) is 22.4 Å². The van der Waals surface area contributed by atoms with Gasteiger partial charge in [-0.25, -0.2) is 0 Å². The van der Waals surface area contributed by atoms with Gasteiger partial charge in [0.05, 0.1) is 5.60 Å². The van der Waals surface area contributed by atoms with E-state index in [9.17, 15) is 4.79 Å². The highest BCUT2D eigenvalue weighted by Gasteiger charge is 2.22. The average molecular weight is 296 g/mol. The van der Waals surface area contributed by atoms with E-state index >= 15 is 0 Å². The lowest BCUT2D eigenvalue weighted by atomic mass is 10.2. The fourth-order valence-corrected chi connectivity index (χ4v) is 2.83. The van der Waals surface area contributed by atoms with Crippen molar-refractivity contribution >= 4 is 17.2 Å². The Labute approximate surface area is 125 Å². The molecule has 0 bridgehead atoms. The Morgan fingerprint density at radius 1 is 1.30 bits per heavy atom. The van der Waals surface area contributed by atoms with Crippen LogP contribution in [0.1, 0.15) is 26.3 Å². The van der Waals surface area contributed by atoms with E-state index in [-0.39, 0.29) is 18.1 Å². The van der Waals surface area contributed by atoms with Crippen LogP contribution in [0, 0.1) is 0 Å². The highest BCUT2D eigenvalue weighted by molar-refractivity contribution is 7.07. The molecule has 2 rings (SSSR count). The van der Waals surface area contributed by atoms with Crippen LogP contribution in [0.5, 0.6) is 0 Å². The van der Waals surface area contributed by atoms with Gasteiger partial charge in [-0.2, -0.15) is 11.3 Å². The van der Waals surface area contributed by atoms with Crippen molar-refractivity contribution in [1.29, 1.82) is 0 Å². The minimum atomic E-state index is -0.254. The number of piperazine rings is 1. The summed E-state index contributed by atoms with van der Waals surface area (Å²) in [6.45, 7) is 10.6. The summed E-state index contributed by atoms with van der Waals surface area (Å²) in [5, 5.41) is 4.30. The first-order chi connectivity index (χ1) is 9.44. The van der Waals surface area contributed by atoms with E-state index in [1.54, 1.807) is 11.3 Å². The molecule has 0 atom stereocenters. The molecule has 1 aromatic heterocycles. The summed E-state index contributed by atoms with van der Waals surface area (Å²) in [4.78, 5) is 16.4. The van der Waals surface area contributed by atoms with E-state index in [1.165, 1.54) is 5.56 Å². The fourth-order valence-electron chi connectivity index (χ4n) is 2.17. The molecule has 0 spiro atoms. The van der Waals surface area contributed by atoms with Crippen molar-refractivity contribution in [3.63, 3.8) is 0 Å². The number of nitrogens with zero attached hydrogens (tertiary/aromatic N) is 2. The molecule has 0 saturated carbocycles. The molecule has 1 fully saturated rings. The second kappa shape index (κ2) is 6.70. The molecule has 1 amide bonds. The van der Waals surface area contributed by atoms with Crippen molar-refractivity contribution in [3.8, 4) is 0 Å². The number of ether oxygens (including phenoxy) is 1. The number of amides is 1. The van der Waals surface area contributed by atoms with E-state index in [4.69, 9.17) is 4.74 Å². The molecule has 0 radical (unpaired) electrons. The lowest BCUT2D eigenvalue weighted by Crippen LogP contribution is -2.49. The van der Waals surface area contributed by atoms with Gasteiger partial charge in [0.15, 0.2) is 0 Å². The fraction of sp³-hybridized carbons (Fsp3) is 0.667. The van der Waals surface area contributed by atoms with Crippen LogP contribution < -0.4 is 0 Å². The van der Waals surface area contributed by atoms with Crippen LogP contribution in [-0.4, -0.2) is 54.1 Å². The predicted octanol–water partition coefficient (Wildman–Crippen LogP) is 2.21. The van der Waals surface area contributed by atoms with Crippen LogP contribution in [0.2, 0.25) is 0 Å². The summed E-state index contributed by atoms with van der Waals surface area (Å²) in [6.07, 6.45) is 0. The largest absolute Gasteiger partial charge is 0.366 e. The van der Waals surface area contributed by atoms with Gasteiger partial charge in [0, 0.05) is 32.7 Å². The Hall–Kier alpha value is -0.910. The summed E-state index contributed by atoms with van der Waals surface area (Å²) < 4.78 is 5.55. The molecular formula is C15H24N2O2S. The number of carbonyl (C=O) groups is 1. The van der Waals surface area contributed by atoms with E-state index < -0.39 is 0 Å². The molecule has 0 N–H and O–H groups in total. The second-order valence-electron chi connectivity index (χ2n) is 6.19. The minimum Gasteiger partial charge on any atom is -0.366 e. The number of rotatable bonds is 4. The van der Waals surface area contributed by atoms with Gasteiger partial charge >= 0.3 is 0 Å². The molecule has 1 saturated heterocycles. The van der Waals surface area contributed by atoms with Crippen molar-refractivity contribution < 1.29 is 9.53 Å². The molecule has 112 valence electrons. The van der Waals surface area contributed by atoms with Crippen molar-refractivity contribution in [2.24, 2.45) is 0 Å². The lowest BCUT2D eigenvalue weighted by Gasteiger charge is -2.35. The molecule has 0 aliphatic carbocycles. The van der Waals surface area contributed by atoms with Crippen LogP contribution in [-0.2, 0) is 16.1 Å². The first-order valence-electron chi connectivity index (χ1n) is 7.09. The van der Waals surface area contributed by atoms with Gasteiger partial charge in [-0.15, -0.1) is 0 Å². The highest BCUT2D eigenvalue weighted by atomic mass is 32.1. The number of carbonyl (C=O) groups excluding carboxylic acids is 1. The first-order valence-corrected chi connectivity index (χ1v) is 8.03. The zero-order valence-corrected chi connectivity index (χ0v) is 13.4. The van der Waals surface area contributed by atoms with Gasteiger partial charge in [0.25, 0.3) is 0 Å². The van der Waals surface area contributed by atoms with Crippen LogP contribution in [0.15, 0.2) is 16.8 Å². The third kappa shape index (κ3) is 4.89. The molecule has 0 aromatic carbocycles. The Balaban J connectivity index is 1.72. The monoisotopic (exact) mass is 296 g/mol. The lowest BCUT2D eigenvalue weighted by molar-refractivity contribution is -0.142. The van der Waals surface area contributed by atoms with E-state index in [1.807, 2.05) is 25.7 Å². The molecule has 1 aliphatic rings. The van der Waals surface area contributed by atoms with Gasteiger partial charge in [0.2, 0.25) is 5.91 Å². The van der Waals surface area contributed by atoms with Crippen LogP contribution in [0.3, 0.4) is 0 Å². The van der Waals surface area contributed by atoms with E-state index in [0.717, 1.165) is 32.7 Å². The van der Waals surface area contributed by atoms with Gasteiger partial charge in [-0.05, 0) is 43.2 Å². The predicted molar refractivity (Wildman–Crippen MR) is 81.9 cm³/mol. The maximum atomic E-state index is 12.1. The molecular weight excluding hydrogens is 272 g/mol. The molecule has 20 heavy (non-hydrogen) atoms. The van der Waals surface area contributed by atoms with Crippen LogP contribution in [0.4, 0.5) is 0 Å². The zero-order chi connectivity index (χ0) is 14.6. The standard InChI is InChI=1S/C15H24N2O2S/c1-15(2,3)19-11-14(18)17-7-5-16(6-8-17)10-13-4-9-20-12-13/h4,9,12H,5-8,10-11H2,1-3H3. The Bertz CT molecular complexity index is 418. The Morgan fingerprint density at radius 3 is 2.55 bits per heavy atom. The smallest absolute Gasteiger partial charge is 0.248 e. The summed E-state index contributed by atoms with van der Waals surface area (Å²) >= 11 is 1.73. The van der Waals surface area contributed by atoms with Gasteiger partial charge < -0.3 is 9.64 Å². The Kier molecular flexibility index (Phi) is 5.18. The summed E-state index contributed by atoms with van der Waals surface area (Å²) in [6, 6.07) is 2.17. The molecule has 2 heterocycles. The Morgan fingerprint density at radius 2 is 2.00 bits per heavy atom. The SMILES string of the molecule is CC(C)(C)OCC(=O)N1CCN(Cc2ccsc2)CC1. The quantitative estimate of drug-likeness (QED) is 0.854. The van der Waals surface area contributed by atoms with Crippen molar-refractivity contribution in [2.75, 3.05) is 32.8 Å². The third-order valence-corrected chi connectivity index (χ3v) is 4.07. The average Bonchev–Trinajstić information content (AvgIpc) is 2.89. The number of hydrogen-bond acceptors (Lipinski definition) is 4.